The van der Waals surface area contributed by atoms with Crippen LogP contribution in [0, 0.1) is 0 Å². The molecule has 0 nitrogen and oxygen atoms in total. The molecule has 57 valence electrons. The van der Waals surface area contributed by atoms with Gasteiger partial charge in [-0.05, 0) is 19.5 Å². The molecule has 0 unspecified atom stereocenters. The van der Waals surface area contributed by atoms with E-state index in [9.17, 15) is 0 Å². The quantitative estimate of drug-likeness (QED) is 0.226. The fraction of sp³-hybridized carbons (Fsp3) is 0. The number of rotatable bonds is 0. The SMILES string of the molecule is [Ag].[Au].[In].[Mo].[Nb].[SiH3][SiH3].[Sn].[Y]. The zero-order valence-corrected chi connectivity index (χ0v) is 26.0. The summed E-state index contributed by atoms with van der Waals surface area (Å²) in [5, 5.41) is 0. The van der Waals surface area contributed by atoms with E-state index in [0.29, 0.717) is 0 Å². The van der Waals surface area contributed by atoms with Crippen LogP contribution in [-0.4, -0.2) is 69.3 Å². The summed E-state index contributed by atoms with van der Waals surface area (Å²) in [7, 11) is 2.89. The molecule has 11 radical (unpaired) electrons. The van der Waals surface area contributed by atoms with E-state index in [-0.39, 0.29) is 171 Å². The summed E-state index contributed by atoms with van der Waals surface area (Å²) in [5.74, 6) is 0. The Kier molecular flexibility index (Phi) is 429. The van der Waals surface area contributed by atoms with Crippen molar-refractivity contribution in [1.29, 1.82) is 0 Å². The molecule has 0 fully saturated rings. The summed E-state index contributed by atoms with van der Waals surface area (Å²) in [4.78, 5) is 0. The van der Waals surface area contributed by atoms with Crippen molar-refractivity contribution < 1.29 is 121 Å². The standard InChI is InChI=1S/Ag.Au.In.Mo.Nb.H6Si2.Sn.Y/c;;;;;1-2;;/h;;;;;1-2H3;;. The van der Waals surface area contributed by atoms with Crippen LogP contribution in [0.2, 0.25) is 0 Å². The van der Waals surface area contributed by atoms with Gasteiger partial charge >= 0.3 is 0 Å². The van der Waals surface area contributed by atoms with E-state index in [1.54, 1.807) is 0 Å². The van der Waals surface area contributed by atoms with Crippen LogP contribution >= 0.6 is 0 Å². The third-order valence-corrected chi connectivity index (χ3v) is 0. The van der Waals surface area contributed by atoms with Gasteiger partial charge in [-0.25, -0.2) is 0 Å². The maximum absolute atomic E-state index is 1.44. The molecule has 9 heavy (non-hydrogen) atoms. The summed E-state index contributed by atoms with van der Waals surface area (Å²) in [6.45, 7) is 0. The third kappa shape index (κ3) is 55.4. The molecule has 0 heterocycles. The van der Waals surface area contributed by atoms with Crippen LogP contribution in [0.25, 0.3) is 0 Å². The first-order valence-electron chi connectivity index (χ1n) is 1.00. The Labute approximate surface area is 185 Å². The van der Waals surface area contributed by atoms with Crippen molar-refractivity contribution in [2.45, 2.75) is 0 Å². The molecule has 0 saturated carbocycles. The van der Waals surface area contributed by atoms with Gasteiger partial charge in [0.25, 0.3) is 0 Å². The molecule has 0 bridgehead atoms. The van der Waals surface area contributed by atoms with E-state index >= 15 is 0 Å². The van der Waals surface area contributed by atoms with E-state index < -0.39 is 0 Å². The molecule has 0 aliphatic heterocycles. The monoisotopic (exact) mass is 880 g/mol. The Morgan fingerprint density at radius 3 is 1.00 bits per heavy atom. The summed E-state index contributed by atoms with van der Waals surface area (Å²) in [5.41, 5.74) is 0. The molecule has 0 rings (SSSR count). The van der Waals surface area contributed by atoms with Gasteiger partial charge in [-0.1, -0.05) is 0 Å². The third-order valence-electron chi connectivity index (χ3n) is 0. The minimum Gasteiger partial charge on any atom is -0.0125 e. The summed E-state index contributed by atoms with van der Waals surface area (Å²) < 4.78 is 0. The van der Waals surface area contributed by atoms with Gasteiger partial charge in [0.05, 0.1) is 0 Å². The molecule has 0 saturated heterocycles. The second-order valence-electron chi connectivity index (χ2n) is 0. The maximum Gasteiger partial charge on any atom is 0 e. The average molecular weight is 878 g/mol. The van der Waals surface area contributed by atoms with E-state index in [2.05, 4.69) is 0 Å². The zero-order chi connectivity index (χ0) is 2.00. The van der Waals surface area contributed by atoms with Crippen LogP contribution < -0.4 is 0 Å². The minimum atomic E-state index is 0. The fourth-order valence-electron chi connectivity index (χ4n) is 0. The topological polar surface area (TPSA) is 0 Å². The van der Waals surface area contributed by atoms with Crippen LogP contribution in [0.1, 0.15) is 0 Å². The first kappa shape index (κ1) is 59.5. The molecule has 0 amide bonds. The van der Waals surface area contributed by atoms with Gasteiger partial charge in [0, 0.05) is 171 Å². The molecular weight excluding hydrogens is 872 g/mol. The molecule has 0 spiro atoms. The predicted molar refractivity (Wildman–Crippen MR) is 31.4 cm³/mol. The number of hydrogen-bond acceptors (Lipinski definition) is 0. The van der Waals surface area contributed by atoms with Crippen molar-refractivity contribution in [2.75, 3.05) is 0 Å². The molecular formula is H6AgAuInMoNbSi2SnY. The van der Waals surface area contributed by atoms with Gasteiger partial charge in [-0.3, -0.25) is 0 Å². The largest absolute Gasteiger partial charge is 0.0125 e. The Hall–Kier alpha value is 6.12. The molecule has 0 aromatic carbocycles. The van der Waals surface area contributed by atoms with Gasteiger partial charge in [0.1, 0.15) is 0 Å². The summed E-state index contributed by atoms with van der Waals surface area (Å²) in [6.07, 6.45) is 0. The Morgan fingerprint density at radius 2 is 1.00 bits per heavy atom. The molecule has 0 aromatic heterocycles. The fourth-order valence-corrected chi connectivity index (χ4v) is 0. The van der Waals surface area contributed by atoms with E-state index in [4.69, 9.17) is 0 Å². The van der Waals surface area contributed by atoms with Crippen LogP contribution in [-0.2, 0) is 121 Å². The van der Waals surface area contributed by atoms with Crippen LogP contribution in [0.4, 0.5) is 0 Å². The molecule has 0 atom stereocenters. The molecule has 0 aromatic rings. The number of hydrogen-bond donors (Lipinski definition) is 0. The van der Waals surface area contributed by atoms with Crippen LogP contribution in [0.3, 0.4) is 0 Å². The van der Waals surface area contributed by atoms with Gasteiger partial charge in [0.2, 0.25) is 0 Å². The second kappa shape index (κ2) is 64.9. The first-order chi connectivity index (χ1) is 1.00. The zero-order valence-electron chi connectivity index (χ0n) is 5.11. The van der Waals surface area contributed by atoms with Crippen molar-refractivity contribution in [3.63, 3.8) is 0 Å². The van der Waals surface area contributed by atoms with Gasteiger partial charge < -0.3 is 0 Å². The predicted octanol–water partition coefficient (Wildman–Crippen LogP) is -3.14. The van der Waals surface area contributed by atoms with E-state index in [0.717, 1.165) is 0 Å². The Balaban J connectivity index is -0.000000000238. The average Bonchev–Trinajstić information content (AvgIpc) is 1.00. The van der Waals surface area contributed by atoms with Crippen molar-refractivity contribution in [3.8, 4) is 0 Å². The summed E-state index contributed by atoms with van der Waals surface area (Å²) in [6, 6.07) is 0. The maximum atomic E-state index is 1.44. The van der Waals surface area contributed by atoms with E-state index in [1.165, 1.54) is 19.5 Å². The molecule has 0 aliphatic carbocycles. The van der Waals surface area contributed by atoms with Crippen LogP contribution in [0.15, 0.2) is 0 Å². The smallest absolute Gasteiger partial charge is 0 e. The Morgan fingerprint density at radius 1 is 1.00 bits per heavy atom. The van der Waals surface area contributed by atoms with Crippen molar-refractivity contribution in [2.24, 2.45) is 0 Å². The molecule has 0 N–H and O–H groups in total. The summed E-state index contributed by atoms with van der Waals surface area (Å²) >= 11 is 0. The second-order valence-corrected chi connectivity index (χ2v) is 0. The van der Waals surface area contributed by atoms with Gasteiger partial charge in [-0.2, -0.15) is 0 Å². The Bertz CT molecular complexity index is 26.5. The van der Waals surface area contributed by atoms with Gasteiger partial charge in [0.15, 0.2) is 0 Å². The van der Waals surface area contributed by atoms with E-state index in [1.807, 2.05) is 0 Å². The normalized spacial score (nSPS) is 1.33. The molecule has 9 heteroatoms. The minimum absolute atomic E-state index is 0. The van der Waals surface area contributed by atoms with Gasteiger partial charge in [-0.15, -0.1) is 0 Å². The van der Waals surface area contributed by atoms with Crippen molar-refractivity contribution in [3.05, 3.63) is 0 Å². The van der Waals surface area contributed by atoms with Crippen molar-refractivity contribution >= 4 is 69.3 Å². The van der Waals surface area contributed by atoms with Crippen LogP contribution in [0.5, 0.6) is 0 Å². The van der Waals surface area contributed by atoms with Crippen molar-refractivity contribution in [1.82, 2.24) is 0 Å². The first-order valence-corrected chi connectivity index (χ1v) is 9.00. The molecule has 0 aliphatic rings.